The fourth-order valence-corrected chi connectivity index (χ4v) is 2.32. The summed E-state index contributed by atoms with van der Waals surface area (Å²) in [4.78, 5) is 19.4. The van der Waals surface area contributed by atoms with E-state index in [2.05, 4.69) is 20.4 Å². The van der Waals surface area contributed by atoms with Crippen molar-refractivity contribution in [3.05, 3.63) is 41.7 Å². The zero-order valence-electron chi connectivity index (χ0n) is 12.1. The number of aromatic nitrogens is 4. The van der Waals surface area contributed by atoms with E-state index in [1.165, 1.54) is 0 Å². The monoisotopic (exact) mass is 283 g/mol. The van der Waals surface area contributed by atoms with Gasteiger partial charge in [-0.3, -0.25) is 14.8 Å². The highest BCUT2D eigenvalue weighted by atomic mass is 16.1. The van der Waals surface area contributed by atoms with Crippen LogP contribution in [0.1, 0.15) is 17.8 Å². The van der Waals surface area contributed by atoms with E-state index in [0.29, 0.717) is 18.9 Å². The molecule has 2 heterocycles. The molecule has 21 heavy (non-hydrogen) atoms. The minimum absolute atomic E-state index is 0.0818. The van der Waals surface area contributed by atoms with Crippen LogP contribution in [0.2, 0.25) is 0 Å². The van der Waals surface area contributed by atoms with Crippen LogP contribution >= 0.6 is 0 Å². The van der Waals surface area contributed by atoms with E-state index in [-0.39, 0.29) is 5.91 Å². The molecule has 2 aromatic heterocycles. The first-order valence-electron chi connectivity index (χ1n) is 6.87. The first-order valence-corrected chi connectivity index (χ1v) is 6.87. The lowest BCUT2D eigenvalue weighted by molar-refractivity contribution is -0.116. The van der Waals surface area contributed by atoms with Crippen LogP contribution in [-0.4, -0.2) is 25.7 Å². The molecule has 0 saturated carbocycles. The molecule has 1 aromatic carbocycles. The van der Waals surface area contributed by atoms with Gasteiger partial charge in [0.05, 0.1) is 16.7 Å². The number of anilines is 1. The molecule has 6 heteroatoms. The third-order valence-electron chi connectivity index (χ3n) is 3.30. The quantitative estimate of drug-likeness (QED) is 0.772. The normalized spacial score (nSPS) is 11.0. The molecule has 0 spiro atoms. The zero-order valence-corrected chi connectivity index (χ0v) is 12.1. The number of carbonyl (C=O) groups is 1. The SMILES string of the molecule is Cc1cc(C)n(CCC(=O)Nc2nc3ccccc3[nH]2)n1. The summed E-state index contributed by atoms with van der Waals surface area (Å²) < 4.78 is 1.84. The number of fused-ring (bicyclic) bond motifs is 1. The molecular weight excluding hydrogens is 266 g/mol. The number of H-pyrrole nitrogens is 1. The number of nitrogens with zero attached hydrogens (tertiary/aromatic N) is 3. The van der Waals surface area contributed by atoms with Gasteiger partial charge in [0.15, 0.2) is 0 Å². The van der Waals surface area contributed by atoms with Crippen LogP contribution in [-0.2, 0) is 11.3 Å². The summed E-state index contributed by atoms with van der Waals surface area (Å²) >= 11 is 0. The summed E-state index contributed by atoms with van der Waals surface area (Å²) in [5, 5.41) is 7.12. The molecule has 0 aliphatic heterocycles. The first kappa shape index (κ1) is 13.4. The van der Waals surface area contributed by atoms with Crippen LogP contribution in [0.15, 0.2) is 30.3 Å². The number of amides is 1. The zero-order chi connectivity index (χ0) is 14.8. The Morgan fingerprint density at radius 3 is 2.86 bits per heavy atom. The lowest BCUT2D eigenvalue weighted by atomic mass is 10.3. The Kier molecular flexibility index (Phi) is 3.43. The number of hydrogen-bond acceptors (Lipinski definition) is 3. The number of aryl methyl sites for hydroxylation is 3. The third-order valence-corrected chi connectivity index (χ3v) is 3.30. The van der Waals surface area contributed by atoms with Crippen molar-refractivity contribution in [2.24, 2.45) is 0 Å². The van der Waals surface area contributed by atoms with Crippen LogP contribution < -0.4 is 5.32 Å². The fraction of sp³-hybridized carbons (Fsp3) is 0.267. The van der Waals surface area contributed by atoms with Crippen LogP contribution in [0.4, 0.5) is 5.95 Å². The Balaban J connectivity index is 1.62. The fourth-order valence-electron chi connectivity index (χ4n) is 2.32. The number of imidazole rings is 1. The minimum atomic E-state index is -0.0818. The molecular formula is C15H17N5O. The van der Waals surface area contributed by atoms with Crippen molar-refractivity contribution < 1.29 is 4.79 Å². The molecule has 0 saturated heterocycles. The molecule has 1 amide bonds. The molecule has 0 fully saturated rings. The topological polar surface area (TPSA) is 75.6 Å². The van der Waals surface area contributed by atoms with Crippen molar-refractivity contribution in [2.45, 2.75) is 26.8 Å². The molecule has 0 aliphatic carbocycles. The van der Waals surface area contributed by atoms with Crippen LogP contribution in [0.25, 0.3) is 11.0 Å². The van der Waals surface area contributed by atoms with Gasteiger partial charge in [-0.25, -0.2) is 4.98 Å². The predicted octanol–water partition coefficient (Wildman–Crippen LogP) is 2.41. The average molecular weight is 283 g/mol. The van der Waals surface area contributed by atoms with Crippen LogP contribution in [0.5, 0.6) is 0 Å². The van der Waals surface area contributed by atoms with E-state index < -0.39 is 0 Å². The number of hydrogen-bond donors (Lipinski definition) is 2. The molecule has 3 aromatic rings. The Morgan fingerprint density at radius 1 is 1.33 bits per heavy atom. The van der Waals surface area contributed by atoms with Crippen molar-refractivity contribution in [1.29, 1.82) is 0 Å². The van der Waals surface area contributed by atoms with Gasteiger partial charge in [0.25, 0.3) is 0 Å². The Labute approximate surface area is 122 Å². The average Bonchev–Trinajstić information content (AvgIpc) is 2.98. The number of aromatic amines is 1. The molecule has 0 aliphatic rings. The largest absolute Gasteiger partial charge is 0.324 e. The second kappa shape index (κ2) is 5.40. The number of rotatable bonds is 4. The third kappa shape index (κ3) is 2.94. The summed E-state index contributed by atoms with van der Waals surface area (Å²) in [5.41, 5.74) is 3.77. The van der Waals surface area contributed by atoms with E-state index in [4.69, 9.17) is 0 Å². The standard InChI is InChI=1S/C15H17N5O/c1-10-9-11(2)20(19-10)8-7-14(21)18-15-16-12-5-3-4-6-13(12)17-15/h3-6,9H,7-8H2,1-2H3,(H2,16,17,18,21). The van der Waals surface area contributed by atoms with Gasteiger partial charge < -0.3 is 4.98 Å². The Bertz CT molecular complexity index is 753. The van der Waals surface area contributed by atoms with Crippen molar-refractivity contribution in [1.82, 2.24) is 19.7 Å². The van der Waals surface area contributed by atoms with Gasteiger partial charge in [0.2, 0.25) is 11.9 Å². The summed E-state index contributed by atoms with van der Waals surface area (Å²) in [7, 11) is 0. The highest BCUT2D eigenvalue weighted by Gasteiger charge is 2.08. The number of para-hydroxylation sites is 2. The van der Waals surface area contributed by atoms with E-state index in [1.54, 1.807) is 0 Å². The lowest BCUT2D eigenvalue weighted by Gasteiger charge is -2.04. The maximum Gasteiger partial charge on any atom is 0.228 e. The van der Waals surface area contributed by atoms with E-state index in [9.17, 15) is 4.79 Å². The number of nitrogens with one attached hydrogen (secondary N) is 2. The van der Waals surface area contributed by atoms with Gasteiger partial charge in [-0.2, -0.15) is 5.10 Å². The molecule has 6 nitrogen and oxygen atoms in total. The molecule has 3 rings (SSSR count). The number of benzene rings is 1. The second-order valence-corrected chi connectivity index (χ2v) is 5.05. The first-order chi connectivity index (χ1) is 10.1. The van der Waals surface area contributed by atoms with Crippen LogP contribution in [0, 0.1) is 13.8 Å². The molecule has 108 valence electrons. The van der Waals surface area contributed by atoms with Gasteiger partial charge in [0, 0.05) is 18.7 Å². The van der Waals surface area contributed by atoms with Gasteiger partial charge in [-0.1, -0.05) is 12.1 Å². The van der Waals surface area contributed by atoms with Crippen molar-refractivity contribution in [3.8, 4) is 0 Å². The van der Waals surface area contributed by atoms with Crippen LogP contribution in [0.3, 0.4) is 0 Å². The maximum atomic E-state index is 12.0. The van der Waals surface area contributed by atoms with Gasteiger partial charge in [-0.15, -0.1) is 0 Å². The molecule has 0 radical (unpaired) electrons. The van der Waals surface area contributed by atoms with E-state index in [0.717, 1.165) is 22.4 Å². The highest BCUT2D eigenvalue weighted by molar-refractivity contribution is 5.90. The highest BCUT2D eigenvalue weighted by Crippen LogP contribution is 2.13. The second-order valence-electron chi connectivity index (χ2n) is 5.05. The van der Waals surface area contributed by atoms with Gasteiger partial charge in [-0.05, 0) is 32.0 Å². The van der Waals surface area contributed by atoms with E-state index >= 15 is 0 Å². The molecule has 0 bridgehead atoms. The number of carbonyl (C=O) groups excluding carboxylic acids is 1. The maximum absolute atomic E-state index is 12.0. The van der Waals surface area contributed by atoms with Crippen molar-refractivity contribution >= 4 is 22.9 Å². The lowest BCUT2D eigenvalue weighted by Crippen LogP contribution is -2.16. The molecule has 0 unspecified atom stereocenters. The summed E-state index contributed by atoms with van der Waals surface area (Å²) in [6.45, 7) is 4.49. The molecule has 0 atom stereocenters. The van der Waals surface area contributed by atoms with Gasteiger partial charge >= 0.3 is 0 Å². The van der Waals surface area contributed by atoms with E-state index in [1.807, 2.05) is 48.9 Å². The summed E-state index contributed by atoms with van der Waals surface area (Å²) in [6, 6.07) is 9.66. The summed E-state index contributed by atoms with van der Waals surface area (Å²) in [6.07, 6.45) is 0.360. The minimum Gasteiger partial charge on any atom is -0.324 e. The Morgan fingerprint density at radius 2 is 2.14 bits per heavy atom. The smallest absolute Gasteiger partial charge is 0.228 e. The van der Waals surface area contributed by atoms with Crippen molar-refractivity contribution in [2.75, 3.05) is 5.32 Å². The molecule has 2 N–H and O–H groups in total. The Hall–Kier alpha value is -2.63. The predicted molar refractivity (Wildman–Crippen MR) is 81.0 cm³/mol. The van der Waals surface area contributed by atoms with Crippen molar-refractivity contribution in [3.63, 3.8) is 0 Å². The van der Waals surface area contributed by atoms with Gasteiger partial charge in [0.1, 0.15) is 0 Å². The summed E-state index contributed by atoms with van der Waals surface area (Å²) in [5.74, 6) is 0.399.